The highest BCUT2D eigenvalue weighted by Crippen LogP contribution is 2.23. The Morgan fingerprint density at radius 3 is 1.26 bits per heavy atom. The monoisotopic (exact) mass is 824 g/mol. The van der Waals surface area contributed by atoms with Crippen LogP contribution in [0.2, 0.25) is 0 Å². The Labute approximate surface area is 364 Å². The predicted molar refractivity (Wildman–Crippen MR) is 252 cm³/mol. The molecule has 0 heterocycles. The SMILES string of the molecule is CCCCCCCCCCCCCCCCCCCC(COC(=O)NCCC(C)(CC)OCCC(C)(C)OC)OCCCCCCCCCCCCCCCCCC. The number of methoxy groups -OCH3 is 1. The first-order chi connectivity index (χ1) is 28.2. The maximum atomic E-state index is 12.7. The molecule has 0 saturated heterocycles. The summed E-state index contributed by atoms with van der Waals surface area (Å²) in [7, 11) is 1.74. The number of hydrogen-bond donors (Lipinski definition) is 1. The Morgan fingerprint density at radius 2 is 0.879 bits per heavy atom. The quantitative estimate of drug-likeness (QED) is 0.0619. The number of nitrogens with one attached hydrogen (secondary N) is 1. The molecule has 0 bridgehead atoms. The number of carbonyl (C=O) groups is 1. The molecule has 0 aliphatic carbocycles. The van der Waals surface area contributed by atoms with Crippen LogP contribution in [-0.2, 0) is 18.9 Å². The minimum Gasteiger partial charge on any atom is -0.447 e. The Bertz CT molecular complexity index is 799. The van der Waals surface area contributed by atoms with Crippen LogP contribution >= 0.6 is 0 Å². The minimum absolute atomic E-state index is 0.0215. The number of alkyl carbamates (subject to hydrolysis) is 1. The first-order valence-electron chi connectivity index (χ1n) is 25.9. The summed E-state index contributed by atoms with van der Waals surface area (Å²) >= 11 is 0. The van der Waals surface area contributed by atoms with Gasteiger partial charge in [0.2, 0.25) is 0 Å². The Kier molecular flexibility index (Phi) is 42.2. The van der Waals surface area contributed by atoms with E-state index in [9.17, 15) is 4.79 Å². The van der Waals surface area contributed by atoms with Gasteiger partial charge in [-0.3, -0.25) is 0 Å². The molecule has 0 aliphatic rings. The fourth-order valence-corrected chi connectivity index (χ4v) is 7.86. The molecule has 6 heteroatoms. The minimum atomic E-state index is -0.350. The van der Waals surface area contributed by atoms with Crippen LogP contribution in [0.3, 0.4) is 0 Å². The molecule has 0 spiro atoms. The number of carbonyl (C=O) groups excluding carboxylic acids is 1. The molecule has 0 aromatic heterocycles. The van der Waals surface area contributed by atoms with Gasteiger partial charge >= 0.3 is 6.09 Å². The second-order valence-corrected chi connectivity index (χ2v) is 18.9. The van der Waals surface area contributed by atoms with Crippen molar-refractivity contribution in [1.82, 2.24) is 5.32 Å². The van der Waals surface area contributed by atoms with Gasteiger partial charge < -0.3 is 24.3 Å². The normalized spacial score (nSPS) is 13.5. The maximum absolute atomic E-state index is 12.7. The zero-order chi connectivity index (χ0) is 42.7. The third-order valence-electron chi connectivity index (χ3n) is 12.8. The molecule has 0 saturated carbocycles. The van der Waals surface area contributed by atoms with Gasteiger partial charge in [0.15, 0.2) is 0 Å². The third kappa shape index (κ3) is 40.6. The topological polar surface area (TPSA) is 66.0 Å². The van der Waals surface area contributed by atoms with E-state index < -0.39 is 0 Å². The van der Waals surface area contributed by atoms with Crippen LogP contribution in [0.4, 0.5) is 4.79 Å². The lowest BCUT2D eigenvalue weighted by Crippen LogP contribution is -2.37. The van der Waals surface area contributed by atoms with Gasteiger partial charge in [0.1, 0.15) is 6.61 Å². The van der Waals surface area contributed by atoms with Crippen molar-refractivity contribution in [3.63, 3.8) is 0 Å². The maximum Gasteiger partial charge on any atom is 0.407 e. The Hall–Kier alpha value is -0.850. The molecule has 58 heavy (non-hydrogen) atoms. The van der Waals surface area contributed by atoms with E-state index in [1.54, 1.807) is 7.11 Å². The zero-order valence-electron chi connectivity index (χ0n) is 40.6. The molecule has 348 valence electrons. The van der Waals surface area contributed by atoms with Crippen molar-refractivity contribution in [2.45, 2.75) is 296 Å². The van der Waals surface area contributed by atoms with Crippen molar-refractivity contribution in [2.24, 2.45) is 0 Å². The summed E-state index contributed by atoms with van der Waals surface area (Å²) in [4.78, 5) is 12.7. The van der Waals surface area contributed by atoms with E-state index in [0.717, 1.165) is 45.1 Å². The van der Waals surface area contributed by atoms with Crippen LogP contribution in [-0.4, -0.2) is 56.9 Å². The second kappa shape index (κ2) is 42.8. The van der Waals surface area contributed by atoms with Gasteiger partial charge in [0.05, 0.1) is 23.9 Å². The van der Waals surface area contributed by atoms with Crippen LogP contribution in [0.15, 0.2) is 0 Å². The van der Waals surface area contributed by atoms with Gasteiger partial charge in [-0.2, -0.15) is 0 Å². The fraction of sp³-hybridized carbons (Fsp3) is 0.981. The van der Waals surface area contributed by atoms with Gasteiger partial charge in [-0.15, -0.1) is 0 Å². The highest BCUT2D eigenvalue weighted by Gasteiger charge is 2.25. The number of amides is 1. The lowest BCUT2D eigenvalue weighted by molar-refractivity contribution is -0.0711. The molecule has 2 atom stereocenters. The standard InChI is InChI=1S/C52H105NO5/c1-8-11-13-15-17-19-21-23-25-27-28-30-32-34-36-38-40-42-49(48-57-50(54)53-45-43-52(6,10-3)58-47-44-51(4,5)55-7)56-46-41-39-37-35-33-31-29-26-24-22-20-18-16-14-12-9-2/h49H,8-48H2,1-7H3,(H,53,54). The molecule has 0 rings (SSSR count). The van der Waals surface area contributed by atoms with E-state index in [1.165, 1.54) is 199 Å². The van der Waals surface area contributed by atoms with Crippen molar-refractivity contribution in [3.8, 4) is 0 Å². The van der Waals surface area contributed by atoms with Crippen LogP contribution in [0.25, 0.3) is 0 Å². The molecule has 0 aromatic carbocycles. The average Bonchev–Trinajstić information content (AvgIpc) is 3.21. The number of rotatable bonds is 47. The summed E-state index contributed by atoms with van der Waals surface area (Å²) in [6, 6.07) is 0. The highest BCUT2D eigenvalue weighted by molar-refractivity contribution is 5.67. The van der Waals surface area contributed by atoms with Crippen molar-refractivity contribution in [1.29, 1.82) is 0 Å². The molecule has 2 unspecified atom stereocenters. The van der Waals surface area contributed by atoms with Crippen LogP contribution in [0, 0.1) is 0 Å². The Morgan fingerprint density at radius 1 is 0.500 bits per heavy atom. The molecule has 0 fully saturated rings. The van der Waals surface area contributed by atoms with Crippen LogP contribution in [0.1, 0.15) is 279 Å². The summed E-state index contributed by atoms with van der Waals surface area (Å²) in [5.41, 5.74) is -0.490. The van der Waals surface area contributed by atoms with Gasteiger partial charge in [-0.05, 0) is 52.9 Å². The highest BCUT2D eigenvalue weighted by atomic mass is 16.6. The summed E-state index contributed by atoms with van der Waals surface area (Å²) in [6.07, 6.45) is 48.4. The van der Waals surface area contributed by atoms with Crippen molar-refractivity contribution >= 4 is 6.09 Å². The van der Waals surface area contributed by atoms with E-state index >= 15 is 0 Å². The lowest BCUT2D eigenvalue weighted by atomic mass is 9.98. The predicted octanol–water partition coefficient (Wildman–Crippen LogP) is 16.8. The summed E-state index contributed by atoms with van der Waals surface area (Å²) < 4.78 is 23.9. The number of hydrogen-bond acceptors (Lipinski definition) is 5. The lowest BCUT2D eigenvalue weighted by Gasteiger charge is -2.31. The molecule has 6 nitrogen and oxygen atoms in total. The van der Waals surface area contributed by atoms with Gasteiger partial charge in [0, 0.05) is 20.3 Å². The van der Waals surface area contributed by atoms with E-state index in [0.29, 0.717) is 19.8 Å². The van der Waals surface area contributed by atoms with Crippen molar-refractivity contribution in [3.05, 3.63) is 0 Å². The first kappa shape index (κ1) is 57.1. The fourth-order valence-electron chi connectivity index (χ4n) is 7.86. The second-order valence-electron chi connectivity index (χ2n) is 18.9. The van der Waals surface area contributed by atoms with E-state index in [1.807, 2.05) is 0 Å². The smallest absolute Gasteiger partial charge is 0.407 e. The molecule has 0 aromatic rings. The summed E-state index contributed by atoms with van der Waals surface area (Å²) in [5, 5.41) is 2.98. The largest absolute Gasteiger partial charge is 0.447 e. The molecule has 1 amide bonds. The van der Waals surface area contributed by atoms with Gasteiger partial charge in [-0.1, -0.05) is 226 Å². The average molecular weight is 824 g/mol. The molecular formula is C52H105NO5. The van der Waals surface area contributed by atoms with Gasteiger partial charge in [0.25, 0.3) is 0 Å². The first-order valence-corrected chi connectivity index (χ1v) is 25.9. The summed E-state index contributed by atoms with van der Waals surface area (Å²) in [5.74, 6) is 0. The number of ether oxygens (including phenoxy) is 4. The van der Waals surface area contributed by atoms with E-state index in [4.69, 9.17) is 18.9 Å². The third-order valence-corrected chi connectivity index (χ3v) is 12.8. The summed E-state index contributed by atoms with van der Waals surface area (Å²) in [6.45, 7) is 15.3. The molecular weight excluding hydrogens is 719 g/mol. The van der Waals surface area contributed by atoms with Crippen LogP contribution < -0.4 is 5.32 Å². The van der Waals surface area contributed by atoms with E-state index in [2.05, 4.69) is 46.9 Å². The molecule has 0 aliphatic heterocycles. The van der Waals surface area contributed by atoms with Crippen LogP contribution in [0.5, 0.6) is 0 Å². The van der Waals surface area contributed by atoms with Crippen molar-refractivity contribution in [2.75, 3.05) is 33.5 Å². The van der Waals surface area contributed by atoms with Crippen molar-refractivity contribution < 1.29 is 23.7 Å². The molecule has 0 radical (unpaired) electrons. The van der Waals surface area contributed by atoms with E-state index in [-0.39, 0.29) is 23.4 Å². The molecule has 1 N–H and O–H groups in total. The number of unbranched alkanes of at least 4 members (excludes halogenated alkanes) is 31. The van der Waals surface area contributed by atoms with Gasteiger partial charge in [-0.25, -0.2) is 4.79 Å². The zero-order valence-corrected chi connectivity index (χ0v) is 40.6. The Balaban J connectivity index is 4.31.